The van der Waals surface area contributed by atoms with Crippen LogP contribution in [0.15, 0.2) is 47.4 Å². The molecular formula is C22H26N4O3. The molecule has 152 valence electrons. The molecule has 0 saturated carbocycles. The van der Waals surface area contributed by atoms with E-state index in [1.165, 1.54) is 11.8 Å². The number of nitrogens with one attached hydrogen (secondary N) is 1. The number of amides is 1. The Morgan fingerprint density at radius 2 is 2.03 bits per heavy atom. The van der Waals surface area contributed by atoms with Gasteiger partial charge in [0, 0.05) is 50.9 Å². The van der Waals surface area contributed by atoms with Crippen LogP contribution in [0, 0.1) is 6.92 Å². The second-order valence-electron chi connectivity index (χ2n) is 7.14. The highest BCUT2D eigenvalue weighted by molar-refractivity contribution is 5.94. The molecule has 2 N–H and O–H groups in total. The molecule has 0 aliphatic heterocycles. The highest BCUT2D eigenvalue weighted by atomic mass is 16.5. The first-order valence-corrected chi connectivity index (χ1v) is 9.54. The first-order chi connectivity index (χ1) is 14.0. The van der Waals surface area contributed by atoms with Gasteiger partial charge in [0.2, 0.25) is 0 Å². The van der Waals surface area contributed by atoms with Gasteiger partial charge in [0.25, 0.3) is 5.91 Å². The number of benzene rings is 1. The first-order valence-electron chi connectivity index (χ1n) is 9.54. The molecule has 7 nitrogen and oxygen atoms in total. The Labute approximate surface area is 170 Å². The third-order valence-electron chi connectivity index (χ3n) is 4.74. The lowest BCUT2D eigenvalue weighted by Crippen LogP contribution is -2.23. The molecule has 1 amide bonds. The van der Waals surface area contributed by atoms with Crippen LogP contribution in [0.3, 0.4) is 0 Å². The molecule has 0 unspecified atom stereocenters. The van der Waals surface area contributed by atoms with Gasteiger partial charge < -0.3 is 19.8 Å². The number of aliphatic hydroxyl groups excluding tert-OH is 1. The molecule has 0 spiro atoms. The Morgan fingerprint density at radius 3 is 2.72 bits per heavy atom. The van der Waals surface area contributed by atoms with Crippen molar-refractivity contribution >= 4 is 11.6 Å². The highest BCUT2D eigenvalue weighted by Crippen LogP contribution is 2.28. The van der Waals surface area contributed by atoms with E-state index in [-0.39, 0.29) is 12.5 Å². The molecule has 0 aliphatic rings. The van der Waals surface area contributed by atoms with Crippen molar-refractivity contribution in [1.82, 2.24) is 15.5 Å². The van der Waals surface area contributed by atoms with Gasteiger partial charge >= 0.3 is 0 Å². The number of nitrogens with zero attached hydrogens (tertiary/aromatic N) is 3. The number of rotatable bonds is 8. The zero-order valence-corrected chi connectivity index (χ0v) is 17.0. The second kappa shape index (κ2) is 9.34. The maximum absolute atomic E-state index is 12.2. The van der Waals surface area contributed by atoms with Crippen LogP contribution in [0.4, 0.5) is 5.69 Å². The lowest BCUT2D eigenvalue weighted by molar-refractivity contribution is 0.0949. The van der Waals surface area contributed by atoms with E-state index in [2.05, 4.69) is 38.6 Å². The van der Waals surface area contributed by atoms with Gasteiger partial charge in [-0.05, 0) is 54.7 Å². The number of hydrogen-bond acceptors (Lipinski definition) is 6. The molecular weight excluding hydrogens is 368 g/mol. The van der Waals surface area contributed by atoms with E-state index in [1.807, 2.05) is 26.4 Å². The third kappa shape index (κ3) is 5.00. The first kappa shape index (κ1) is 20.5. The summed E-state index contributed by atoms with van der Waals surface area (Å²) in [7, 11) is 4.03. The van der Waals surface area contributed by atoms with Crippen LogP contribution in [0.1, 0.15) is 33.6 Å². The van der Waals surface area contributed by atoms with Gasteiger partial charge in [0.05, 0.1) is 5.69 Å². The fourth-order valence-corrected chi connectivity index (χ4v) is 3.20. The molecule has 7 heteroatoms. The molecule has 0 bridgehead atoms. The second-order valence-corrected chi connectivity index (χ2v) is 7.14. The van der Waals surface area contributed by atoms with Crippen molar-refractivity contribution in [1.29, 1.82) is 0 Å². The number of aryl methyl sites for hydroxylation is 2. The van der Waals surface area contributed by atoms with E-state index < -0.39 is 0 Å². The van der Waals surface area contributed by atoms with Crippen LogP contribution < -0.4 is 10.2 Å². The molecule has 2 aromatic heterocycles. The van der Waals surface area contributed by atoms with E-state index in [4.69, 9.17) is 4.52 Å². The smallest absolute Gasteiger partial charge is 0.256 e. The quantitative estimate of drug-likeness (QED) is 0.610. The summed E-state index contributed by atoms with van der Waals surface area (Å²) in [6.07, 6.45) is 6.43. The van der Waals surface area contributed by atoms with Crippen molar-refractivity contribution in [3.05, 3.63) is 65.3 Å². The van der Waals surface area contributed by atoms with E-state index in [1.54, 1.807) is 13.1 Å². The molecule has 2 heterocycles. The predicted octanol–water partition coefficient (Wildman–Crippen LogP) is 2.97. The van der Waals surface area contributed by atoms with Crippen LogP contribution in [0.2, 0.25) is 0 Å². The zero-order valence-electron chi connectivity index (χ0n) is 17.0. The minimum Gasteiger partial charge on any atom is -0.396 e. The van der Waals surface area contributed by atoms with Crippen molar-refractivity contribution in [3.63, 3.8) is 0 Å². The lowest BCUT2D eigenvalue weighted by Gasteiger charge is -2.19. The summed E-state index contributed by atoms with van der Waals surface area (Å²) < 4.78 is 4.82. The maximum Gasteiger partial charge on any atom is 0.256 e. The molecule has 29 heavy (non-hydrogen) atoms. The Morgan fingerprint density at radius 1 is 1.21 bits per heavy atom. The van der Waals surface area contributed by atoms with E-state index >= 15 is 0 Å². The fraction of sp³-hybridized carbons (Fsp3) is 0.318. The topological polar surface area (TPSA) is 91.5 Å². The molecule has 3 aromatic rings. The molecule has 1 aromatic carbocycles. The summed E-state index contributed by atoms with van der Waals surface area (Å²) in [5.41, 5.74) is 6.25. The standard InChI is InChI=1S/C22H26N4O3/c1-15-20(14-29-25-15)22(28)24-12-16-9-19(13-23-11-16)17-6-7-21(26(2)3)18(10-17)5-4-8-27/h6-7,9-11,13-14,27H,4-5,8,12H2,1-3H3,(H,24,28). The summed E-state index contributed by atoms with van der Waals surface area (Å²) in [4.78, 5) is 18.7. The number of aromatic nitrogens is 2. The summed E-state index contributed by atoms with van der Waals surface area (Å²) >= 11 is 0. The van der Waals surface area contributed by atoms with Crippen LogP contribution in [0.5, 0.6) is 0 Å². The van der Waals surface area contributed by atoms with Crippen LogP contribution in [-0.2, 0) is 13.0 Å². The summed E-state index contributed by atoms with van der Waals surface area (Å²) in [6.45, 7) is 2.25. The SMILES string of the molecule is Cc1nocc1C(=O)NCc1cncc(-c2ccc(N(C)C)c(CCCO)c2)c1. The van der Waals surface area contributed by atoms with Crippen LogP contribution >= 0.6 is 0 Å². The maximum atomic E-state index is 12.2. The number of anilines is 1. The Kier molecular flexibility index (Phi) is 6.61. The minimum atomic E-state index is -0.226. The summed E-state index contributed by atoms with van der Waals surface area (Å²) in [6, 6.07) is 8.32. The average Bonchev–Trinajstić information content (AvgIpc) is 3.16. The molecule has 0 fully saturated rings. The number of aliphatic hydroxyl groups is 1. The van der Waals surface area contributed by atoms with Gasteiger partial charge in [-0.25, -0.2) is 0 Å². The molecule has 0 radical (unpaired) electrons. The number of carbonyl (C=O) groups excluding carboxylic acids is 1. The summed E-state index contributed by atoms with van der Waals surface area (Å²) in [5, 5.41) is 15.8. The normalized spacial score (nSPS) is 10.8. The monoisotopic (exact) mass is 394 g/mol. The van der Waals surface area contributed by atoms with Gasteiger partial charge in [-0.3, -0.25) is 9.78 Å². The van der Waals surface area contributed by atoms with E-state index in [0.29, 0.717) is 17.8 Å². The summed E-state index contributed by atoms with van der Waals surface area (Å²) in [5.74, 6) is -0.226. The van der Waals surface area contributed by atoms with Crippen molar-refractivity contribution in [2.75, 3.05) is 25.6 Å². The van der Waals surface area contributed by atoms with Crippen molar-refractivity contribution in [3.8, 4) is 11.1 Å². The van der Waals surface area contributed by atoms with Gasteiger partial charge in [-0.2, -0.15) is 0 Å². The number of pyridine rings is 1. The van der Waals surface area contributed by atoms with Gasteiger partial charge in [-0.1, -0.05) is 11.2 Å². The Hall–Kier alpha value is -3.19. The van der Waals surface area contributed by atoms with Gasteiger partial charge in [0.15, 0.2) is 0 Å². The fourth-order valence-electron chi connectivity index (χ4n) is 3.20. The Bertz CT molecular complexity index is 982. The molecule has 0 atom stereocenters. The lowest BCUT2D eigenvalue weighted by atomic mass is 9.99. The minimum absolute atomic E-state index is 0.166. The van der Waals surface area contributed by atoms with E-state index in [0.717, 1.165) is 35.2 Å². The number of carbonyl (C=O) groups is 1. The van der Waals surface area contributed by atoms with Crippen LogP contribution in [-0.4, -0.2) is 41.9 Å². The van der Waals surface area contributed by atoms with Crippen LogP contribution in [0.25, 0.3) is 11.1 Å². The third-order valence-corrected chi connectivity index (χ3v) is 4.74. The predicted molar refractivity (Wildman–Crippen MR) is 112 cm³/mol. The highest BCUT2D eigenvalue weighted by Gasteiger charge is 2.13. The molecule has 0 saturated heterocycles. The molecule has 0 aliphatic carbocycles. The van der Waals surface area contributed by atoms with Crippen molar-refractivity contribution in [2.24, 2.45) is 0 Å². The van der Waals surface area contributed by atoms with E-state index in [9.17, 15) is 9.90 Å². The Balaban J connectivity index is 1.78. The van der Waals surface area contributed by atoms with Crippen molar-refractivity contribution in [2.45, 2.75) is 26.3 Å². The average molecular weight is 394 g/mol. The van der Waals surface area contributed by atoms with Crippen molar-refractivity contribution < 1.29 is 14.4 Å². The van der Waals surface area contributed by atoms with Gasteiger partial charge in [0.1, 0.15) is 11.8 Å². The number of hydrogen-bond donors (Lipinski definition) is 2. The van der Waals surface area contributed by atoms with Gasteiger partial charge in [-0.15, -0.1) is 0 Å². The molecule has 3 rings (SSSR count). The largest absolute Gasteiger partial charge is 0.396 e. The zero-order chi connectivity index (χ0) is 20.8.